The number of carbonyl (C=O) groups is 3. The average molecular weight is 456 g/mol. The van der Waals surface area contributed by atoms with Crippen LogP contribution < -0.4 is 10.6 Å². The maximum absolute atomic E-state index is 13.4. The van der Waals surface area contributed by atoms with Gasteiger partial charge in [-0.15, -0.1) is 11.3 Å². The second-order valence-electron chi connectivity index (χ2n) is 8.40. The molecular weight excluding hydrogens is 422 g/mol. The monoisotopic (exact) mass is 455 g/mol. The van der Waals surface area contributed by atoms with E-state index in [-0.39, 0.29) is 30.3 Å². The molecule has 6 nitrogen and oxygen atoms in total. The first-order valence-corrected chi connectivity index (χ1v) is 12.4. The Kier molecular flexibility index (Phi) is 8.85. The second kappa shape index (κ2) is 11.8. The minimum Gasteiger partial charge on any atom is -0.351 e. The van der Waals surface area contributed by atoms with E-state index in [1.54, 1.807) is 17.0 Å². The van der Waals surface area contributed by atoms with Crippen molar-refractivity contribution in [2.24, 2.45) is 0 Å². The first-order valence-electron chi connectivity index (χ1n) is 11.5. The summed E-state index contributed by atoms with van der Waals surface area (Å²) in [6.45, 7) is 4.37. The Labute approximate surface area is 194 Å². The summed E-state index contributed by atoms with van der Waals surface area (Å²) in [7, 11) is 0. The van der Waals surface area contributed by atoms with E-state index >= 15 is 0 Å². The number of hydrogen-bond acceptors (Lipinski definition) is 4. The van der Waals surface area contributed by atoms with Gasteiger partial charge >= 0.3 is 0 Å². The fraction of sp³-hybridized carbons (Fsp3) is 0.480. The Morgan fingerprint density at radius 1 is 1.12 bits per heavy atom. The van der Waals surface area contributed by atoms with Gasteiger partial charge in [0.25, 0.3) is 5.91 Å². The lowest BCUT2D eigenvalue weighted by Gasteiger charge is -2.32. The van der Waals surface area contributed by atoms with Crippen LogP contribution >= 0.6 is 11.3 Å². The Morgan fingerprint density at radius 2 is 1.84 bits per heavy atom. The number of rotatable bonds is 10. The van der Waals surface area contributed by atoms with E-state index < -0.39 is 6.04 Å². The van der Waals surface area contributed by atoms with Gasteiger partial charge in [0, 0.05) is 12.6 Å². The van der Waals surface area contributed by atoms with Gasteiger partial charge in [0.2, 0.25) is 11.8 Å². The van der Waals surface area contributed by atoms with E-state index in [0.717, 1.165) is 49.7 Å². The summed E-state index contributed by atoms with van der Waals surface area (Å²) >= 11 is 1.33. The van der Waals surface area contributed by atoms with Gasteiger partial charge in [-0.3, -0.25) is 14.4 Å². The molecule has 0 aliphatic heterocycles. The highest BCUT2D eigenvalue weighted by atomic mass is 32.1. The summed E-state index contributed by atoms with van der Waals surface area (Å²) < 4.78 is 0. The van der Waals surface area contributed by atoms with E-state index in [0.29, 0.717) is 11.4 Å². The van der Waals surface area contributed by atoms with Gasteiger partial charge in [-0.2, -0.15) is 0 Å². The molecule has 32 heavy (non-hydrogen) atoms. The molecule has 1 aromatic heterocycles. The molecule has 7 heteroatoms. The zero-order valence-corrected chi connectivity index (χ0v) is 19.7. The lowest BCUT2D eigenvalue weighted by Crippen LogP contribution is -2.49. The largest absolute Gasteiger partial charge is 0.351 e. The standard InChI is InChI=1S/C25H33N3O3S/c1-3-4-15-28(22(29)17-26-24(30)21-10-7-16-32-21)23(19-13-11-18(2)12-14-19)25(31)27-20-8-5-6-9-20/h7,10-14,16,20,23H,3-6,8-9,15,17H2,1-2H3,(H,26,30)(H,27,31). The molecule has 0 saturated heterocycles. The molecule has 1 aliphatic carbocycles. The molecule has 172 valence electrons. The Morgan fingerprint density at radius 3 is 2.47 bits per heavy atom. The van der Waals surface area contributed by atoms with Crippen molar-refractivity contribution in [3.8, 4) is 0 Å². The molecule has 1 saturated carbocycles. The van der Waals surface area contributed by atoms with Crippen LogP contribution in [0.3, 0.4) is 0 Å². The Hall–Kier alpha value is -2.67. The fourth-order valence-electron chi connectivity index (χ4n) is 4.05. The van der Waals surface area contributed by atoms with Crippen molar-refractivity contribution in [1.82, 2.24) is 15.5 Å². The predicted molar refractivity (Wildman–Crippen MR) is 128 cm³/mol. The number of thiophene rings is 1. The number of unbranched alkanes of at least 4 members (excludes halogenated alkanes) is 1. The van der Waals surface area contributed by atoms with Crippen LogP contribution in [-0.4, -0.2) is 41.8 Å². The lowest BCUT2D eigenvalue weighted by atomic mass is 10.0. The van der Waals surface area contributed by atoms with Crippen molar-refractivity contribution in [1.29, 1.82) is 0 Å². The zero-order valence-electron chi connectivity index (χ0n) is 18.9. The summed E-state index contributed by atoms with van der Waals surface area (Å²) in [5.41, 5.74) is 1.89. The molecule has 1 aromatic carbocycles. The number of benzene rings is 1. The van der Waals surface area contributed by atoms with Crippen molar-refractivity contribution < 1.29 is 14.4 Å². The summed E-state index contributed by atoms with van der Waals surface area (Å²) in [5, 5.41) is 7.71. The van der Waals surface area contributed by atoms with Crippen molar-refractivity contribution in [3.05, 3.63) is 57.8 Å². The molecule has 0 bridgehead atoms. The van der Waals surface area contributed by atoms with Crippen LogP contribution in [-0.2, 0) is 9.59 Å². The summed E-state index contributed by atoms with van der Waals surface area (Å²) in [6, 6.07) is 10.7. The van der Waals surface area contributed by atoms with Crippen LogP contribution in [0.25, 0.3) is 0 Å². The van der Waals surface area contributed by atoms with Gasteiger partial charge in [-0.25, -0.2) is 0 Å². The molecule has 3 rings (SSSR count). The third kappa shape index (κ3) is 6.42. The van der Waals surface area contributed by atoms with Crippen LogP contribution in [0, 0.1) is 6.92 Å². The minimum atomic E-state index is -0.714. The highest BCUT2D eigenvalue weighted by molar-refractivity contribution is 7.12. The van der Waals surface area contributed by atoms with E-state index in [1.165, 1.54) is 11.3 Å². The molecule has 2 aromatic rings. The molecule has 1 atom stereocenters. The topological polar surface area (TPSA) is 78.5 Å². The van der Waals surface area contributed by atoms with Gasteiger partial charge < -0.3 is 15.5 Å². The average Bonchev–Trinajstić information content (AvgIpc) is 3.50. The Bertz CT molecular complexity index is 890. The van der Waals surface area contributed by atoms with Crippen LogP contribution in [0.15, 0.2) is 41.8 Å². The maximum Gasteiger partial charge on any atom is 0.261 e. The third-order valence-electron chi connectivity index (χ3n) is 5.87. The van der Waals surface area contributed by atoms with Gasteiger partial charge in [0.1, 0.15) is 6.04 Å². The number of carbonyl (C=O) groups excluding carboxylic acids is 3. The highest BCUT2D eigenvalue weighted by Gasteiger charge is 2.32. The Balaban J connectivity index is 1.81. The normalized spacial score (nSPS) is 14.7. The molecule has 1 fully saturated rings. The zero-order chi connectivity index (χ0) is 22.9. The van der Waals surface area contributed by atoms with E-state index in [2.05, 4.69) is 17.6 Å². The number of nitrogens with one attached hydrogen (secondary N) is 2. The summed E-state index contributed by atoms with van der Waals surface area (Å²) in [5.74, 6) is -0.670. The third-order valence-corrected chi connectivity index (χ3v) is 6.74. The van der Waals surface area contributed by atoms with Crippen molar-refractivity contribution in [3.63, 3.8) is 0 Å². The van der Waals surface area contributed by atoms with E-state index in [4.69, 9.17) is 0 Å². The quantitative estimate of drug-likeness (QED) is 0.563. The maximum atomic E-state index is 13.4. The van der Waals surface area contributed by atoms with Crippen LogP contribution in [0.4, 0.5) is 0 Å². The van der Waals surface area contributed by atoms with Crippen molar-refractivity contribution in [2.45, 2.75) is 64.5 Å². The van der Waals surface area contributed by atoms with Crippen molar-refractivity contribution in [2.75, 3.05) is 13.1 Å². The molecule has 0 spiro atoms. The first kappa shape index (κ1) is 24.0. The summed E-state index contributed by atoms with van der Waals surface area (Å²) in [4.78, 5) is 41.2. The molecular formula is C25H33N3O3S. The van der Waals surface area contributed by atoms with Crippen LogP contribution in [0.1, 0.15) is 72.3 Å². The second-order valence-corrected chi connectivity index (χ2v) is 9.35. The highest BCUT2D eigenvalue weighted by Crippen LogP contribution is 2.25. The minimum absolute atomic E-state index is 0.139. The predicted octanol–water partition coefficient (Wildman–Crippen LogP) is 4.22. The molecule has 1 aliphatic rings. The van der Waals surface area contributed by atoms with Gasteiger partial charge in [-0.1, -0.05) is 62.1 Å². The number of nitrogens with zero attached hydrogens (tertiary/aromatic N) is 1. The molecule has 1 heterocycles. The molecule has 3 amide bonds. The number of aryl methyl sites for hydroxylation is 1. The summed E-state index contributed by atoms with van der Waals surface area (Å²) in [6.07, 6.45) is 5.87. The molecule has 1 unspecified atom stereocenters. The first-order chi connectivity index (χ1) is 15.5. The lowest BCUT2D eigenvalue weighted by molar-refractivity contribution is -0.140. The molecule has 0 radical (unpaired) electrons. The van der Waals surface area contributed by atoms with E-state index in [1.807, 2.05) is 36.6 Å². The van der Waals surface area contributed by atoms with Gasteiger partial charge in [0.15, 0.2) is 0 Å². The molecule has 2 N–H and O–H groups in total. The van der Waals surface area contributed by atoms with Crippen LogP contribution in [0.2, 0.25) is 0 Å². The smallest absolute Gasteiger partial charge is 0.261 e. The van der Waals surface area contributed by atoms with Gasteiger partial charge in [-0.05, 0) is 43.2 Å². The van der Waals surface area contributed by atoms with Crippen molar-refractivity contribution >= 4 is 29.1 Å². The number of amides is 3. The number of hydrogen-bond donors (Lipinski definition) is 2. The SMILES string of the molecule is CCCCN(C(=O)CNC(=O)c1cccs1)C(C(=O)NC1CCCC1)c1ccc(C)cc1. The fourth-order valence-corrected chi connectivity index (χ4v) is 4.69. The van der Waals surface area contributed by atoms with Crippen LogP contribution in [0.5, 0.6) is 0 Å². The van der Waals surface area contributed by atoms with Gasteiger partial charge in [0.05, 0.1) is 11.4 Å². The van der Waals surface area contributed by atoms with E-state index in [9.17, 15) is 14.4 Å².